The Bertz CT molecular complexity index is 1470. The van der Waals surface area contributed by atoms with Crippen molar-refractivity contribution in [2.75, 3.05) is 12.4 Å². The zero-order chi connectivity index (χ0) is 20.7. The first-order chi connectivity index (χ1) is 14.6. The summed E-state index contributed by atoms with van der Waals surface area (Å²) in [7, 11) is 1.53. The number of nitrogens with one attached hydrogen (secondary N) is 4. The highest BCUT2D eigenvalue weighted by atomic mass is 16.5. The standard InChI is InChI=1S/C19H14N8O3/c1-30-12-7-3-6-11(22-12)15-23-10-5-2-4-9(13(10)24-15)17(28)26-19-25-16-14(18(29)27-19)20-8-21-16/h2-8H,1H3,(H,23,24)(H3,20,21,25,26,27,28,29). The number of imidazole rings is 2. The molecule has 5 aromatic rings. The summed E-state index contributed by atoms with van der Waals surface area (Å²) in [6.45, 7) is 0. The van der Waals surface area contributed by atoms with Crippen molar-refractivity contribution in [1.82, 2.24) is 34.9 Å². The summed E-state index contributed by atoms with van der Waals surface area (Å²) in [6, 6.07) is 10.5. The number of amides is 1. The Morgan fingerprint density at radius 2 is 1.93 bits per heavy atom. The first kappa shape index (κ1) is 17.6. The van der Waals surface area contributed by atoms with E-state index in [1.54, 1.807) is 36.4 Å². The third-order valence-corrected chi connectivity index (χ3v) is 4.46. The van der Waals surface area contributed by atoms with Gasteiger partial charge in [0.25, 0.3) is 11.5 Å². The molecule has 11 heteroatoms. The number of para-hydroxylation sites is 1. The number of pyridine rings is 1. The number of methoxy groups -OCH3 is 1. The second-order valence-corrected chi connectivity index (χ2v) is 6.32. The van der Waals surface area contributed by atoms with E-state index < -0.39 is 11.5 Å². The molecule has 0 atom stereocenters. The molecule has 4 heterocycles. The van der Waals surface area contributed by atoms with Gasteiger partial charge in [-0.05, 0) is 18.2 Å². The zero-order valence-electron chi connectivity index (χ0n) is 15.6. The monoisotopic (exact) mass is 402 g/mol. The number of anilines is 1. The number of hydrogen-bond acceptors (Lipinski definition) is 7. The topological polar surface area (TPSA) is 154 Å². The summed E-state index contributed by atoms with van der Waals surface area (Å²) in [5, 5.41) is 2.59. The van der Waals surface area contributed by atoms with Crippen molar-refractivity contribution in [3.05, 3.63) is 58.6 Å². The van der Waals surface area contributed by atoms with Crippen LogP contribution < -0.4 is 15.6 Å². The van der Waals surface area contributed by atoms with Gasteiger partial charge in [-0.1, -0.05) is 12.1 Å². The van der Waals surface area contributed by atoms with E-state index in [2.05, 4.69) is 40.2 Å². The molecule has 148 valence electrons. The number of ether oxygens (including phenoxy) is 1. The molecule has 4 aromatic heterocycles. The van der Waals surface area contributed by atoms with Crippen LogP contribution in [0.2, 0.25) is 0 Å². The van der Waals surface area contributed by atoms with Crippen LogP contribution in [0.1, 0.15) is 10.4 Å². The third kappa shape index (κ3) is 2.94. The van der Waals surface area contributed by atoms with Crippen molar-refractivity contribution in [1.29, 1.82) is 0 Å². The maximum absolute atomic E-state index is 12.9. The lowest BCUT2D eigenvalue weighted by Crippen LogP contribution is -2.18. The number of carbonyl (C=O) groups excluding carboxylic acids is 1. The molecule has 0 aliphatic carbocycles. The number of aromatic nitrogens is 7. The minimum atomic E-state index is -0.477. The maximum atomic E-state index is 12.9. The highest BCUT2D eigenvalue weighted by molar-refractivity contribution is 6.11. The average molecular weight is 402 g/mol. The van der Waals surface area contributed by atoms with E-state index in [-0.39, 0.29) is 17.1 Å². The number of H-pyrrole nitrogens is 3. The molecule has 0 aliphatic rings. The molecule has 11 nitrogen and oxygen atoms in total. The van der Waals surface area contributed by atoms with E-state index in [1.807, 2.05) is 0 Å². The fourth-order valence-corrected chi connectivity index (χ4v) is 3.07. The van der Waals surface area contributed by atoms with Crippen molar-refractivity contribution >= 4 is 34.1 Å². The number of carbonyl (C=O) groups is 1. The van der Waals surface area contributed by atoms with E-state index in [0.29, 0.717) is 34.0 Å². The van der Waals surface area contributed by atoms with Gasteiger partial charge in [0.2, 0.25) is 11.8 Å². The van der Waals surface area contributed by atoms with Crippen molar-refractivity contribution in [2.45, 2.75) is 0 Å². The molecular weight excluding hydrogens is 388 g/mol. The quantitative estimate of drug-likeness (QED) is 0.357. The normalized spacial score (nSPS) is 11.1. The van der Waals surface area contributed by atoms with Crippen LogP contribution in [-0.4, -0.2) is 47.9 Å². The molecule has 5 rings (SSSR count). The lowest BCUT2D eigenvalue weighted by molar-refractivity contribution is 0.102. The van der Waals surface area contributed by atoms with Crippen molar-refractivity contribution in [3.63, 3.8) is 0 Å². The first-order valence-corrected chi connectivity index (χ1v) is 8.87. The van der Waals surface area contributed by atoms with Crippen LogP contribution in [0.5, 0.6) is 5.88 Å². The molecule has 0 aliphatic heterocycles. The van der Waals surface area contributed by atoms with Gasteiger partial charge in [-0.2, -0.15) is 4.98 Å². The molecule has 0 saturated heterocycles. The molecule has 0 radical (unpaired) electrons. The van der Waals surface area contributed by atoms with Crippen LogP contribution in [0, 0.1) is 0 Å². The van der Waals surface area contributed by atoms with Gasteiger partial charge in [0, 0.05) is 6.07 Å². The van der Waals surface area contributed by atoms with Crippen LogP contribution in [0.15, 0.2) is 47.5 Å². The molecule has 1 amide bonds. The highest BCUT2D eigenvalue weighted by Crippen LogP contribution is 2.23. The minimum absolute atomic E-state index is 0.00757. The number of benzene rings is 1. The van der Waals surface area contributed by atoms with E-state index in [0.717, 1.165) is 0 Å². The molecule has 0 spiro atoms. The second-order valence-electron chi connectivity index (χ2n) is 6.32. The summed E-state index contributed by atoms with van der Waals surface area (Å²) in [4.78, 5) is 50.2. The summed E-state index contributed by atoms with van der Waals surface area (Å²) in [6.07, 6.45) is 1.36. The Labute approximate surface area is 167 Å². The van der Waals surface area contributed by atoms with Crippen molar-refractivity contribution in [2.24, 2.45) is 0 Å². The molecule has 0 saturated carbocycles. The van der Waals surface area contributed by atoms with Gasteiger partial charge in [0.1, 0.15) is 11.2 Å². The van der Waals surface area contributed by atoms with Gasteiger partial charge in [-0.25, -0.2) is 15.0 Å². The maximum Gasteiger partial charge on any atom is 0.278 e. The van der Waals surface area contributed by atoms with Crippen LogP contribution in [0.3, 0.4) is 0 Å². The van der Waals surface area contributed by atoms with Gasteiger partial charge < -0.3 is 14.7 Å². The summed E-state index contributed by atoms with van der Waals surface area (Å²) in [5.74, 6) is 0.463. The predicted molar refractivity (Wildman–Crippen MR) is 108 cm³/mol. The van der Waals surface area contributed by atoms with E-state index in [1.165, 1.54) is 13.4 Å². The average Bonchev–Trinajstić information content (AvgIpc) is 3.40. The first-order valence-electron chi connectivity index (χ1n) is 8.87. The molecule has 0 unspecified atom stereocenters. The number of fused-ring (bicyclic) bond motifs is 2. The van der Waals surface area contributed by atoms with Gasteiger partial charge >= 0.3 is 0 Å². The molecule has 1 aromatic carbocycles. The number of aromatic amines is 3. The Morgan fingerprint density at radius 3 is 2.80 bits per heavy atom. The third-order valence-electron chi connectivity index (χ3n) is 4.46. The number of rotatable bonds is 4. The Balaban J connectivity index is 1.52. The molecule has 0 bridgehead atoms. The lowest BCUT2D eigenvalue weighted by atomic mass is 10.2. The van der Waals surface area contributed by atoms with Crippen LogP contribution in [0.25, 0.3) is 33.7 Å². The van der Waals surface area contributed by atoms with Crippen LogP contribution in [0.4, 0.5) is 5.95 Å². The van der Waals surface area contributed by atoms with Gasteiger partial charge in [-0.15, -0.1) is 0 Å². The Morgan fingerprint density at radius 1 is 1.07 bits per heavy atom. The largest absolute Gasteiger partial charge is 0.481 e. The van der Waals surface area contributed by atoms with Crippen LogP contribution in [-0.2, 0) is 0 Å². The Hall–Kier alpha value is -4.54. The summed E-state index contributed by atoms with van der Waals surface area (Å²) >= 11 is 0. The molecule has 0 fully saturated rings. The summed E-state index contributed by atoms with van der Waals surface area (Å²) in [5.41, 5.74) is 2.01. The van der Waals surface area contributed by atoms with Crippen molar-refractivity contribution < 1.29 is 9.53 Å². The predicted octanol–water partition coefficient (Wildman–Crippen LogP) is 1.85. The second kappa shape index (κ2) is 6.81. The SMILES string of the molecule is COc1cccc(-c2nc3c(C(=O)Nc4nc5nc[nH]c5c(=O)[nH]4)cccc3[nH]2)n1. The van der Waals surface area contributed by atoms with E-state index >= 15 is 0 Å². The smallest absolute Gasteiger partial charge is 0.278 e. The fourth-order valence-electron chi connectivity index (χ4n) is 3.07. The van der Waals surface area contributed by atoms with Gasteiger partial charge in [-0.3, -0.25) is 19.9 Å². The van der Waals surface area contributed by atoms with E-state index in [9.17, 15) is 9.59 Å². The number of nitrogens with zero attached hydrogens (tertiary/aromatic N) is 4. The summed E-state index contributed by atoms with van der Waals surface area (Å²) < 4.78 is 5.15. The molecular formula is C19H14N8O3. The lowest BCUT2D eigenvalue weighted by Gasteiger charge is -2.04. The van der Waals surface area contributed by atoms with Crippen molar-refractivity contribution in [3.8, 4) is 17.4 Å². The number of hydrogen-bond donors (Lipinski definition) is 4. The fraction of sp³-hybridized carbons (Fsp3) is 0.0526. The van der Waals surface area contributed by atoms with E-state index in [4.69, 9.17) is 4.74 Å². The minimum Gasteiger partial charge on any atom is -0.481 e. The zero-order valence-corrected chi connectivity index (χ0v) is 15.6. The van der Waals surface area contributed by atoms with Gasteiger partial charge in [0.15, 0.2) is 17.0 Å². The molecule has 4 N–H and O–H groups in total. The Kier molecular flexibility index (Phi) is 3.98. The van der Waals surface area contributed by atoms with Crippen LogP contribution >= 0.6 is 0 Å². The molecule has 30 heavy (non-hydrogen) atoms. The highest BCUT2D eigenvalue weighted by Gasteiger charge is 2.17. The van der Waals surface area contributed by atoms with Gasteiger partial charge in [0.05, 0.1) is 24.5 Å².